The van der Waals surface area contributed by atoms with Crippen molar-refractivity contribution in [2.75, 3.05) is 13.1 Å². The molecule has 2 heterocycles. The zero-order valence-corrected chi connectivity index (χ0v) is 12.0. The van der Waals surface area contributed by atoms with Crippen LogP contribution in [0.2, 0.25) is 0 Å². The predicted octanol–water partition coefficient (Wildman–Crippen LogP) is 1.36. The van der Waals surface area contributed by atoms with Crippen molar-refractivity contribution in [3.8, 4) is 0 Å². The molecule has 0 spiro atoms. The summed E-state index contributed by atoms with van der Waals surface area (Å²) in [5.41, 5.74) is 0.308. The van der Waals surface area contributed by atoms with Crippen LogP contribution in [0.15, 0.2) is 29.1 Å². The number of nitrogens with zero attached hydrogens (tertiary/aromatic N) is 4. The zero-order chi connectivity index (χ0) is 14.8. The molecule has 1 saturated heterocycles. The van der Waals surface area contributed by atoms with Crippen molar-refractivity contribution < 1.29 is 4.79 Å². The fourth-order valence-corrected chi connectivity index (χ4v) is 2.81. The Morgan fingerprint density at radius 1 is 1.29 bits per heavy atom. The highest BCUT2D eigenvalue weighted by Gasteiger charge is 2.28. The average Bonchev–Trinajstić information content (AvgIpc) is 3.04. The van der Waals surface area contributed by atoms with Crippen LogP contribution >= 0.6 is 0 Å². The Morgan fingerprint density at radius 3 is 2.71 bits per heavy atom. The van der Waals surface area contributed by atoms with Gasteiger partial charge in [0.1, 0.15) is 11.6 Å². The van der Waals surface area contributed by atoms with Gasteiger partial charge in [-0.05, 0) is 31.4 Å². The lowest BCUT2D eigenvalue weighted by molar-refractivity contribution is -0.134. The van der Waals surface area contributed by atoms with Gasteiger partial charge >= 0.3 is 0 Å². The van der Waals surface area contributed by atoms with Gasteiger partial charge in [0.05, 0.1) is 5.39 Å². The molecule has 1 aliphatic heterocycles. The van der Waals surface area contributed by atoms with Crippen LogP contribution < -0.4 is 5.56 Å². The number of fused-ring (bicyclic) bond motifs is 1. The minimum atomic E-state index is -0.562. The Morgan fingerprint density at radius 2 is 2.00 bits per heavy atom. The maximum Gasteiger partial charge on any atom is 0.278 e. The summed E-state index contributed by atoms with van der Waals surface area (Å²) >= 11 is 0. The monoisotopic (exact) mass is 286 g/mol. The molecule has 0 aliphatic carbocycles. The first-order valence-electron chi connectivity index (χ1n) is 7.35. The van der Waals surface area contributed by atoms with Crippen LogP contribution in [0.1, 0.15) is 32.2 Å². The highest BCUT2D eigenvalue weighted by atomic mass is 16.2. The number of amides is 1. The van der Waals surface area contributed by atoms with Crippen molar-refractivity contribution in [2.45, 2.75) is 32.2 Å². The van der Waals surface area contributed by atoms with Crippen molar-refractivity contribution in [1.82, 2.24) is 19.9 Å². The van der Waals surface area contributed by atoms with Crippen molar-refractivity contribution in [2.24, 2.45) is 0 Å². The van der Waals surface area contributed by atoms with E-state index in [0.29, 0.717) is 17.3 Å². The third kappa shape index (κ3) is 2.41. The number of carbonyl (C=O) groups excluding carboxylic acids is 1. The van der Waals surface area contributed by atoms with E-state index in [-0.39, 0.29) is 11.5 Å². The number of carbonyl (C=O) groups is 1. The van der Waals surface area contributed by atoms with Gasteiger partial charge in [-0.25, -0.2) is 0 Å². The quantitative estimate of drug-likeness (QED) is 0.854. The summed E-state index contributed by atoms with van der Waals surface area (Å²) in [6.07, 6.45) is 2.59. The number of likely N-dealkylation sites (tertiary alicyclic amines) is 1. The smallest absolute Gasteiger partial charge is 0.278 e. The van der Waals surface area contributed by atoms with Gasteiger partial charge in [0.15, 0.2) is 0 Å². The third-order valence-corrected chi connectivity index (χ3v) is 3.98. The summed E-state index contributed by atoms with van der Waals surface area (Å²) in [5.74, 6) is -0.0262. The van der Waals surface area contributed by atoms with Crippen molar-refractivity contribution in [3.05, 3.63) is 34.6 Å². The molecule has 0 radical (unpaired) electrons. The molecule has 1 aliphatic rings. The Bertz CT molecular complexity index is 719. The molecular weight excluding hydrogens is 268 g/mol. The molecule has 1 amide bonds. The van der Waals surface area contributed by atoms with Crippen LogP contribution in [0.5, 0.6) is 0 Å². The van der Waals surface area contributed by atoms with Gasteiger partial charge in [0, 0.05) is 13.1 Å². The molecule has 1 fully saturated rings. The van der Waals surface area contributed by atoms with Crippen molar-refractivity contribution in [1.29, 1.82) is 0 Å². The van der Waals surface area contributed by atoms with Crippen LogP contribution in [0.3, 0.4) is 0 Å². The van der Waals surface area contributed by atoms with E-state index >= 15 is 0 Å². The Hall–Kier alpha value is -2.24. The lowest BCUT2D eigenvalue weighted by Crippen LogP contribution is -2.40. The maximum absolute atomic E-state index is 12.6. The molecule has 0 bridgehead atoms. The summed E-state index contributed by atoms with van der Waals surface area (Å²) < 4.78 is 1.24. The van der Waals surface area contributed by atoms with E-state index in [4.69, 9.17) is 0 Å². The lowest BCUT2D eigenvalue weighted by atomic mass is 10.2. The number of hydrogen-bond acceptors (Lipinski definition) is 4. The van der Waals surface area contributed by atoms with Gasteiger partial charge in [-0.3, -0.25) is 9.59 Å². The van der Waals surface area contributed by atoms with Crippen LogP contribution in [-0.4, -0.2) is 38.9 Å². The molecule has 3 rings (SSSR count). The summed E-state index contributed by atoms with van der Waals surface area (Å²) in [4.78, 5) is 26.9. The van der Waals surface area contributed by atoms with Crippen molar-refractivity contribution in [3.63, 3.8) is 0 Å². The molecule has 6 nitrogen and oxygen atoms in total. The fourth-order valence-electron chi connectivity index (χ4n) is 2.81. The van der Waals surface area contributed by atoms with Crippen molar-refractivity contribution >= 4 is 16.8 Å². The second-order valence-electron chi connectivity index (χ2n) is 5.31. The molecule has 1 aromatic heterocycles. The summed E-state index contributed by atoms with van der Waals surface area (Å²) in [7, 11) is 0. The van der Waals surface area contributed by atoms with Crippen LogP contribution in [0.25, 0.3) is 10.9 Å². The van der Waals surface area contributed by atoms with Crippen LogP contribution in [-0.2, 0) is 4.79 Å². The first-order chi connectivity index (χ1) is 10.2. The van der Waals surface area contributed by atoms with E-state index < -0.39 is 6.04 Å². The van der Waals surface area contributed by atoms with Crippen LogP contribution in [0.4, 0.5) is 0 Å². The highest BCUT2D eigenvalue weighted by molar-refractivity contribution is 5.81. The van der Waals surface area contributed by atoms with Gasteiger partial charge in [-0.15, -0.1) is 5.10 Å². The molecule has 2 aromatic rings. The maximum atomic E-state index is 12.6. The highest BCUT2D eigenvalue weighted by Crippen LogP contribution is 2.17. The summed E-state index contributed by atoms with van der Waals surface area (Å²) in [6.45, 7) is 3.43. The van der Waals surface area contributed by atoms with E-state index in [1.165, 1.54) is 4.68 Å². The second kappa shape index (κ2) is 5.63. The van der Waals surface area contributed by atoms with Gasteiger partial charge in [-0.2, -0.15) is 4.68 Å². The molecule has 1 aromatic carbocycles. The van der Waals surface area contributed by atoms with E-state index in [0.717, 1.165) is 25.9 Å². The topological polar surface area (TPSA) is 68.1 Å². The average molecular weight is 286 g/mol. The standard InChI is InChI=1S/C15H18N4O2/c1-2-13(15(21)18-9-5-6-10-18)19-14(20)11-7-3-4-8-12(11)16-17-19/h3-4,7-8,13H,2,5-6,9-10H2,1H3/t13-/m0/s1. The number of rotatable bonds is 3. The SMILES string of the molecule is CC[C@@H](C(=O)N1CCCC1)n1nnc2ccccc2c1=O. The molecule has 0 saturated carbocycles. The zero-order valence-electron chi connectivity index (χ0n) is 12.0. The van der Waals surface area contributed by atoms with E-state index in [9.17, 15) is 9.59 Å². The Balaban J connectivity index is 2.02. The Kier molecular flexibility index (Phi) is 3.68. The van der Waals surface area contributed by atoms with Gasteiger partial charge < -0.3 is 4.90 Å². The first-order valence-corrected chi connectivity index (χ1v) is 7.35. The molecule has 0 N–H and O–H groups in total. The van der Waals surface area contributed by atoms with Gasteiger partial charge in [0.2, 0.25) is 5.91 Å². The largest absolute Gasteiger partial charge is 0.341 e. The van der Waals surface area contributed by atoms with E-state index in [1.54, 1.807) is 18.2 Å². The summed E-state index contributed by atoms with van der Waals surface area (Å²) in [6, 6.07) is 6.51. The molecule has 110 valence electrons. The molecule has 21 heavy (non-hydrogen) atoms. The number of benzene rings is 1. The Labute approximate surface area is 122 Å². The molecule has 6 heteroatoms. The van der Waals surface area contributed by atoms with Gasteiger partial charge in [-0.1, -0.05) is 24.3 Å². The molecule has 1 atom stereocenters. The summed E-state index contributed by atoms with van der Waals surface area (Å²) in [5, 5.41) is 8.54. The normalized spacial score (nSPS) is 16.3. The molecular formula is C15H18N4O2. The first kappa shape index (κ1) is 13.7. The minimum Gasteiger partial charge on any atom is -0.341 e. The predicted molar refractivity (Wildman–Crippen MR) is 78.9 cm³/mol. The van der Waals surface area contributed by atoms with Gasteiger partial charge in [0.25, 0.3) is 5.56 Å². The van der Waals surface area contributed by atoms with E-state index in [2.05, 4.69) is 10.3 Å². The number of hydrogen-bond donors (Lipinski definition) is 0. The van der Waals surface area contributed by atoms with Crippen LogP contribution in [0, 0.1) is 0 Å². The second-order valence-corrected chi connectivity index (χ2v) is 5.31. The third-order valence-electron chi connectivity index (χ3n) is 3.98. The fraction of sp³-hybridized carbons (Fsp3) is 0.467. The lowest BCUT2D eigenvalue weighted by Gasteiger charge is -2.22. The minimum absolute atomic E-state index is 0.0262. The van der Waals surface area contributed by atoms with E-state index in [1.807, 2.05) is 17.9 Å². The number of aromatic nitrogens is 3. The molecule has 0 unspecified atom stereocenters.